The highest BCUT2D eigenvalue weighted by atomic mass is 32.2. The van der Waals surface area contributed by atoms with Crippen molar-refractivity contribution in [3.63, 3.8) is 0 Å². The van der Waals surface area contributed by atoms with Gasteiger partial charge in [-0.3, -0.25) is 10.00 Å². The zero-order valence-corrected chi connectivity index (χ0v) is 15.0. The van der Waals surface area contributed by atoms with Gasteiger partial charge in [0.2, 0.25) is 0 Å². The Bertz CT molecular complexity index is 1010. The van der Waals surface area contributed by atoms with E-state index in [9.17, 15) is 13.2 Å². The molecule has 3 rings (SSSR count). The Morgan fingerprint density at radius 3 is 2.35 bits per heavy atom. The summed E-state index contributed by atoms with van der Waals surface area (Å²) in [6, 6.07) is 16.8. The van der Waals surface area contributed by atoms with E-state index in [0.717, 1.165) is 11.8 Å². The maximum Gasteiger partial charge on any atom is 0.420 e. The van der Waals surface area contributed by atoms with Crippen molar-refractivity contribution in [3.05, 3.63) is 60.7 Å². The summed E-state index contributed by atoms with van der Waals surface area (Å²) in [5.41, 5.74) is 1.40. The Kier molecular flexibility index (Phi) is 4.77. The van der Waals surface area contributed by atoms with Crippen LogP contribution in [0, 0.1) is 0 Å². The van der Waals surface area contributed by atoms with Crippen LogP contribution < -0.4 is 9.64 Å². The normalized spacial score (nSPS) is 11.2. The maximum absolute atomic E-state index is 12.2. The van der Waals surface area contributed by atoms with Gasteiger partial charge in [-0.15, -0.1) is 0 Å². The molecule has 8 heteroatoms. The van der Waals surface area contributed by atoms with Crippen LogP contribution in [-0.4, -0.2) is 38.0 Å². The molecule has 7 nitrogen and oxygen atoms in total. The molecule has 26 heavy (non-hydrogen) atoms. The molecule has 0 aliphatic heterocycles. The maximum atomic E-state index is 12.2. The van der Waals surface area contributed by atoms with Crippen molar-refractivity contribution in [1.82, 2.24) is 10.2 Å². The molecule has 0 spiro atoms. The Morgan fingerprint density at radius 2 is 1.73 bits per heavy atom. The molecule has 3 aromatic rings. The number of aromatic nitrogens is 2. The lowest BCUT2D eigenvalue weighted by Gasteiger charge is -2.13. The molecule has 134 valence electrons. The van der Waals surface area contributed by atoms with Crippen LogP contribution in [0.5, 0.6) is 5.75 Å². The van der Waals surface area contributed by atoms with E-state index in [1.807, 2.05) is 6.07 Å². The molecule has 0 unspecified atom stereocenters. The molecule has 0 bridgehead atoms. The number of anilines is 1. The number of ether oxygens (including phenoxy) is 1. The van der Waals surface area contributed by atoms with Gasteiger partial charge in [0.1, 0.15) is 5.75 Å². The molecular formula is C18H17N3O4S. The van der Waals surface area contributed by atoms with Gasteiger partial charge in [-0.1, -0.05) is 30.3 Å². The van der Waals surface area contributed by atoms with Gasteiger partial charge in [0.15, 0.2) is 15.7 Å². The molecule has 0 atom stereocenters. The molecule has 2 aromatic carbocycles. The Labute approximate surface area is 151 Å². The van der Waals surface area contributed by atoms with Crippen molar-refractivity contribution in [3.8, 4) is 17.0 Å². The number of para-hydroxylation sites is 1. The second-order valence-electron chi connectivity index (χ2n) is 5.68. The first-order valence-corrected chi connectivity index (χ1v) is 9.60. The first-order chi connectivity index (χ1) is 12.3. The summed E-state index contributed by atoms with van der Waals surface area (Å²) < 4.78 is 28.3. The lowest BCUT2D eigenvalue weighted by molar-refractivity contribution is 0.209. The van der Waals surface area contributed by atoms with Gasteiger partial charge in [0.05, 0.1) is 10.6 Å². The zero-order valence-electron chi connectivity index (χ0n) is 14.2. The highest BCUT2D eigenvalue weighted by Gasteiger charge is 2.17. The topological polar surface area (TPSA) is 92.4 Å². The molecule has 1 heterocycles. The number of sulfone groups is 1. The Hall–Kier alpha value is -3.13. The fraction of sp³-hybridized carbons (Fsp3) is 0.111. The molecule has 1 N–H and O–H groups in total. The number of rotatable bonds is 4. The number of amides is 1. The highest BCUT2D eigenvalue weighted by Crippen LogP contribution is 2.23. The Morgan fingerprint density at radius 1 is 1.08 bits per heavy atom. The monoisotopic (exact) mass is 371 g/mol. The fourth-order valence-electron chi connectivity index (χ4n) is 2.26. The molecule has 1 amide bonds. The third-order valence-corrected chi connectivity index (χ3v) is 4.85. The zero-order chi connectivity index (χ0) is 18.7. The number of H-pyrrole nitrogens is 1. The van der Waals surface area contributed by atoms with Crippen LogP contribution in [0.15, 0.2) is 65.6 Å². The summed E-state index contributed by atoms with van der Waals surface area (Å²) in [7, 11) is -1.69. The van der Waals surface area contributed by atoms with Crippen molar-refractivity contribution >= 4 is 21.7 Å². The molecule has 0 saturated carbocycles. The van der Waals surface area contributed by atoms with E-state index >= 15 is 0 Å². The quantitative estimate of drug-likeness (QED) is 0.761. The lowest BCUT2D eigenvalue weighted by Crippen LogP contribution is -2.29. The van der Waals surface area contributed by atoms with Crippen molar-refractivity contribution in [2.45, 2.75) is 4.90 Å². The predicted octanol–water partition coefficient (Wildman–Crippen LogP) is 3.12. The van der Waals surface area contributed by atoms with Crippen molar-refractivity contribution in [2.75, 3.05) is 18.2 Å². The molecular weight excluding hydrogens is 354 g/mol. The second-order valence-corrected chi connectivity index (χ2v) is 7.69. The molecule has 0 aliphatic rings. The average Bonchev–Trinajstić information content (AvgIpc) is 3.11. The standard InChI is InChI=1S/C18H17N3O4S/c1-21(18(22)25-14-6-4-3-5-7-14)17-12-16(19-20-17)13-8-10-15(11-9-13)26(2,23)24/h3-12H,1-2H3,(H,19,20). The summed E-state index contributed by atoms with van der Waals surface area (Å²) >= 11 is 0. The van der Waals surface area contributed by atoms with Crippen LogP contribution in [0.3, 0.4) is 0 Å². The van der Waals surface area contributed by atoms with Gasteiger partial charge in [0, 0.05) is 19.4 Å². The number of hydrogen-bond acceptors (Lipinski definition) is 5. The molecule has 0 fully saturated rings. The number of nitrogens with zero attached hydrogens (tertiary/aromatic N) is 2. The second kappa shape index (κ2) is 7.01. The number of carbonyl (C=O) groups excluding carboxylic acids is 1. The van der Waals surface area contributed by atoms with Gasteiger partial charge in [0.25, 0.3) is 0 Å². The summed E-state index contributed by atoms with van der Waals surface area (Å²) in [4.78, 5) is 13.7. The van der Waals surface area contributed by atoms with Gasteiger partial charge < -0.3 is 4.74 Å². The molecule has 1 aromatic heterocycles. The summed E-state index contributed by atoms with van der Waals surface area (Å²) in [6.45, 7) is 0. The summed E-state index contributed by atoms with van der Waals surface area (Å²) in [5.74, 6) is 0.824. The molecule has 0 radical (unpaired) electrons. The minimum atomic E-state index is -3.25. The van der Waals surface area contributed by atoms with Gasteiger partial charge in [-0.2, -0.15) is 5.10 Å². The van der Waals surface area contributed by atoms with Crippen molar-refractivity contribution < 1.29 is 17.9 Å². The summed E-state index contributed by atoms with van der Waals surface area (Å²) in [6.07, 6.45) is 0.588. The molecule has 0 saturated heterocycles. The van der Waals surface area contributed by atoms with E-state index in [1.165, 1.54) is 17.0 Å². The SMILES string of the molecule is CN(C(=O)Oc1ccccc1)c1cc(-c2ccc(S(C)(=O)=O)cc2)[nH]n1. The van der Waals surface area contributed by atoms with Crippen LogP contribution in [0.4, 0.5) is 10.6 Å². The summed E-state index contributed by atoms with van der Waals surface area (Å²) in [5, 5.41) is 6.94. The van der Waals surface area contributed by atoms with Gasteiger partial charge in [-0.05, 0) is 29.8 Å². The lowest BCUT2D eigenvalue weighted by atomic mass is 10.1. The van der Waals surface area contributed by atoms with E-state index in [1.54, 1.807) is 49.5 Å². The van der Waals surface area contributed by atoms with Crippen LogP contribution in [0.1, 0.15) is 0 Å². The van der Waals surface area contributed by atoms with Crippen LogP contribution in [-0.2, 0) is 9.84 Å². The van der Waals surface area contributed by atoms with Crippen molar-refractivity contribution in [1.29, 1.82) is 0 Å². The predicted molar refractivity (Wildman–Crippen MR) is 98.0 cm³/mol. The minimum Gasteiger partial charge on any atom is -0.410 e. The fourth-order valence-corrected chi connectivity index (χ4v) is 2.89. The third-order valence-electron chi connectivity index (χ3n) is 3.72. The largest absolute Gasteiger partial charge is 0.420 e. The third kappa shape index (κ3) is 3.92. The minimum absolute atomic E-state index is 0.240. The van der Waals surface area contributed by atoms with Gasteiger partial charge >= 0.3 is 6.09 Å². The van der Waals surface area contributed by atoms with Crippen molar-refractivity contribution in [2.24, 2.45) is 0 Å². The van der Waals surface area contributed by atoms with E-state index in [2.05, 4.69) is 10.2 Å². The number of nitrogens with one attached hydrogen (secondary N) is 1. The number of carbonyl (C=O) groups is 1. The van der Waals surface area contributed by atoms with Gasteiger partial charge in [-0.25, -0.2) is 13.2 Å². The van der Waals surface area contributed by atoms with Crippen LogP contribution >= 0.6 is 0 Å². The number of aromatic amines is 1. The highest BCUT2D eigenvalue weighted by molar-refractivity contribution is 7.90. The van der Waals surface area contributed by atoms with E-state index in [0.29, 0.717) is 17.3 Å². The van der Waals surface area contributed by atoms with Crippen LogP contribution in [0.25, 0.3) is 11.3 Å². The van der Waals surface area contributed by atoms with Crippen LogP contribution in [0.2, 0.25) is 0 Å². The first-order valence-electron chi connectivity index (χ1n) is 7.71. The van der Waals surface area contributed by atoms with E-state index in [4.69, 9.17) is 4.74 Å². The Balaban J connectivity index is 1.75. The average molecular weight is 371 g/mol. The molecule has 0 aliphatic carbocycles. The smallest absolute Gasteiger partial charge is 0.410 e. The van der Waals surface area contributed by atoms with E-state index < -0.39 is 15.9 Å². The number of hydrogen-bond donors (Lipinski definition) is 1. The first kappa shape index (κ1) is 17.7. The van der Waals surface area contributed by atoms with E-state index in [-0.39, 0.29) is 4.90 Å². The number of benzene rings is 2.